The summed E-state index contributed by atoms with van der Waals surface area (Å²) in [4.78, 5) is 14.3. The highest BCUT2D eigenvalue weighted by molar-refractivity contribution is 6.42. The first-order chi connectivity index (χ1) is 10.6. The Balaban J connectivity index is 2.16. The predicted octanol–water partition coefficient (Wildman–Crippen LogP) is 5.83. The molecule has 1 N–H and O–H groups in total. The molecule has 0 unspecified atom stereocenters. The van der Waals surface area contributed by atoms with Crippen LogP contribution in [0.1, 0.15) is 19.8 Å². The van der Waals surface area contributed by atoms with Crippen LogP contribution in [0.5, 0.6) is 0 Å². The maximum absolute atomic E-state index is 12.6. The molecule has 0 aliphatic carbocycles. The second kappa shape index (κ2) is 8.06. The summed E-state index contributed by atoms with van der Waals surface area (Å²) in [5.74, 6) is 0. The second-order valence-corrected chi connectivity index (χ2v) is 5.71. The molecule has 3 nitrogen and oxygen atoms in total. The van der Waals surface area contributed by atoms with Gasteiger partial charge in [-0.15, -0.1) is 0 Å². The van der Waals surface area contributed by atoms with Gasteiger partial charge in [0.15, 0.2) is 0 Å². The van der Waals surface area contributed by atoms with Gasteiger partial charge in [0.1, 0.15) is 0 Å². The highest BCUT2D eigenvalue weighted by Gasteiger charge is 2.15. The quantitative estimate of drug-likeness (QED) is 0.731. The Labute approximate surface area is 140 Å². The molecular formula is C17H18Cl2N2O. The average Bonchev–Trinajstić information content (AvgIpc) is 2.52. The molecule has 0 radical (unpaired) electrons. The van der Waals surface area contributed by atoms with Crippen LogP contribution in [-0.2, 0) is 0 Å². The van der Waals surface area contributed by atoms with Gasteiger partial charge in [0.2, 0.25) is 0 Å². The van der Waals surface area contributed by atoms with Crippen molar-refractivity contribution < 1.29 is 4.79 Å². The number of hydrogen-bond donors (Lipinski definition) is 1. The summed E-state index contributed by atoms with van der Waals surface area (Å²) in [6.07, 6.45) is 1.95. The summed E-state index contributed by atoms with van der Waals surface area (Å²) in [6.45, 7) is 2.76. The van der Waals surface area contributed by atoms with E-state index >= 15 is 0 Å². The first-order valence-corrected chi connectivity index (χ1v) is 7.96. The summed E-state index contributed by atoms with van der Waals surface area (Å²) in [7, 11) is 0. The highest BCUT2D eigenvalue weighted by atomic mass is 35.5. The Morgan fingerprint density at radius 2 is 1.82 bits per heavy atom. The second-order valence-electron chi connectivity index (χ2n) is 4.90. The van der Waals surface area contributed by atoms with Crippen LogP contribution >= 0.6 is 23.2 Å². The van der Waals surface area contributed by atoms with Crippen molar-refractivity contribution in [1.29, 1.82) is 0 Å². The van der Waals surface area contributed by atoms with Crippen molar-refractivity contribution in [3.8, 4) is 0 Å². The summed E-state index contributed by atoms with van der Waals surface area (Å²) in [6, 6.07) is 14.5. The number of halogens is 2. The minimum Gasteiger partial charge on any atom is -0.307 e. The van der Waals surface area contributed by atoms with Crippen LogP contribution in [0.4, 0.5) is 16.2 Å². The maximum Gasteiger partial charge on any atom is 0.326 e. The van der Waals surface area contributed by atoms with E-state index in [-0.39, 0.29) is 6.03 Å². The smallest absolute Gasteiger partial charge is 0.307 e. The normalized spacial score (nSPS) is 10.3. The largest absolute Gasteiger partial charge is 0.326 e. The minimum atomic E-state index is -0.182. The Hall–Kier alpha value is -1.71. The molecule has 0 heterocycles. The number of anilines is 2. The molecule has 0 saturated heterocycles. The molecule has 0 aromatic heterocycles. The Morgan fingerprint density at radius 3 is 2.45 bits per heavy atom. The Bertz CT molecular complexity index is 632. The number of nitrogens with zero attached hydrogens (tertiary/aromatic N) is 1. The molecule has 0 spiro atoms. The predicted molar refractivity (Wildman–Crippen MR) is 94.2 cm³/mol. The number of amides is 2. The van der Waals surface area contributed by atoms with Crippen molar-refractivity contribution in [1.82, 2.24) is 0 Å². The van der Waals surface area contributed by atoms with Gasteiger partial charge in [0.05, 0.1) is 10.0 Å². The molecule has 22 heavy (non-hydrogen) atoms. The van der Waals surface area contributed by atoms with E-state index in [1.165, 1.54) is 0 Å². The minimum absolute atomic E-state index is 0.182. The third kappa shape index (κ3) is 4.39. The number of carbonyl (C=O) groups is 1. The standard InChI is InChI=1S/C17H18Cl2N2O/c1-2-3-11-21(14-7-5-4-6-8-14)17(22)20-13-9-10-15(18)16(19)12-13/h4-10,12H,2-3,11H2,1H3,(H,20,22). The molecule has 0 saturated carbocycles. The summed E-state index contributed by atoms with van der Waals surface area (Å²) in [5, 5.41) is 3.74. The molecule has 0 aliphatic heterocycles. The number of nitrogens with one attached hydrogen (secondary N) is 1. The lowest BCUT2D eigenvalue weighted by atomic mass is 10.2. The van der Waals surface area contributed by atoms with Crippen LogP contribution in [0.25, 0.3) is 0 Å². The lowest BCUT2D eigenvalue weighted by Gasteiger charge is -2.23. The highest BCUT2D eigenvalue weighted by Crippen LogP contribution is 2.25. The van der Waals surface area contributed by atoms with Gasteiger partial charge in [0.25, 0.3) is 0 Å². The van der Waals surface area contributed by atoms with Crippen molar-refractivity contribution in [3.05, 3.63) is 58.6 Å². The number of carbonyl (C=O) groups excluding carboxylic acids is 1. The fraction of sp³-hybridized carbons (Fsp3) is 0.235. The van der Waals surface area contributed by atoms with E-state index in [0.717, 1.165) is 18.5 Å². The third-order valence-corrected chi connectivity index (χ3v) is 3.96. The van der Waals surface area contributed by atoms with E-state index in [0.29, 0.717) is 22.3 Å². The molecule has 0 atom stereocenters. The van der Waals surface area contributed by atoms with E-state index in [9.17, 15) is 4.79 Å². The van der Waals surface area contributed by atoms with Crippen LogP contribution in [0.15, 0.2) is 48.5 Å². The topological polar surface area (TPSA) is 32.3 Å². The monoisotopic (exact) mass is 336 g/mol. The lowest BCUT2D eigenvalue weighted by molar-refractivity contribution is 0.257. The van der Waals surface area contributed by atoms with Crippen LogP contribution < -0.4 is 10.2 Å². The van der Waals surface area contributed by atoms with Gasteiger partial charge in [-0.2, -0.15) is 0 Å². The number of benzene rings is 2. The van der Waals surface area contributed by atoms with Crippen LogP contribution in [0.3, 0.4) is 0 Å². The molecule has 116 valence electrons. The molecule has 2 aromatic rings. The zero-order valence-electron chi connectivity index (χ0n) is 12.4. The number of para-hydroxylation sites is 1. The number of unbranched alkanes of at least 4 members (excludes halogenated alkanes) is 1. The fourth-order valence-corrected chi connectivity index (χ4v) is 2.33. The van der Waals surface area contributed by atoms with E-state index in [4.69, 9.17) is 23.2 Å². The number of rotatable bonds is 5. The van der Waals surface area contributed by atoms with Gasteiger partial charge in [-0.25, -0.2) is 4.79 Å². The van der Waals surface area contributed by atoms with Gasteiger partial charge in [-0.3, -0.25) is 4.90 Å². The Morgan fingerprint density at radius 1 is 1.09 bits per heavy atom. The van der Waals surface area contributed by atoms with Crippen LogP contribution in [0.2, 0.25) is 10.0 Å². The van der Waals surface area contributed by atoms with Crippen LogP contribution in [0, 0.1) is 0 Å². The first-order valence-electron chi connectivity index (χ1n) is 7.20. The fourth-order valence-electron chi connectivity index (χ4n) is 2.04. The van der Waals surface area contributed by atoms with Crippen molar-refractivity contribution >= 4 is 40.6 Å². The number of urea groups is 1. The molecule has 2 aromatic carbocycles. The van der Waals surface area contributed by atoms with E-state index in [1.54, 1.807) is 23.1 Å². The van der Waals surface area contributed by atoms with E-state index < -0.39 is 0 Å². The van der Waals surface area contributed by atoms with E-state index in [1.807, 2.05) is 30.3 Å². The van der Waals surface area contributed by atoms with Gasteiger partial charge in [0, 0.05) is 17.9 Å². The van der Waals surface area contributed by atoms with Gasteiger partial charge in [-0.05, 0) is 36.8 Å². The Kier molecular flexibility index (Phi) is 6.10. The molecule has 5 heteroatoms. The van der Waals surface area contributed by atoms with Gasteiger partial charge in [-0.1, -0.05) is 54.7 Å². The van der Waals surface area contributed by atoms with Crippen molar-refractivity contribution in [3.63, 3.8) is 0 Å². The zero-order chi connectivity index (χ0) is 15.9. The maximum atomic E-state index is 12.6. The number of hydrogen-bond acceptors (Lipinski definition) is 1. The van der Waals surface area contributed by atoms with Gasteiger partial charge < -0.3 is 5.32 Å². The molecule has 0 fully saturated rings. The summed E-state index contributed by atoms with van der Waals surface area (Å²) in [5.41, 5.74) is 1.49. The molecule has 2 amide bonds. The molecule has 2 rings (SSSR count). The van der Waals surface area contributed by atoms with Crippen LogP contribution in [-0.4, -0.2) is 12.6 Å². The van der Waals surface area contributed by atoms with E-state index in [2.05, 4.69) is 12.2 Å². The SMILES string of the molecule is CCCCN(C(=O)Nc1ccc(Cl)c(Cl)c1)c1ccccc1. The third-order valence-electron chi connectivity index (χ3n) is 3.22. The van der Waals surface area contributed by atoms with Crippen molar-refractivity contribution in [2.24, 2.45) is 0 Å². The molecule has 0 bridgehead atoms. The molecule has 0 aliphatic rings. The summed E-state index contributed by atoms with van der Waals surface area (Å²) >= 11 is 11.9. The van der Waals surface area contributed by atoms with Crippen molar-refractivity contribution in [2.45, 2.75) is 19.8 Å². The van der Waals surface area contributed by atoms with Gasteiger partial charge >= 0.3 is 6.03 Å². The summed E-state index contributed by atoms with van der Waals surface area (Å²) < 4.78 is 0. The molecular weight excluding hydrogens is 319 g/mol. The average molecular weight is 337 g/mol. The van der Waals surface area contributed by atoms with Crippen molar-refractivity contribution in [2.75, 3.05) is 16.8 Å². The lowest BCUT2D eigenvalue weighted by Crippen LogP contribution is -2.35. The zero-order valence-corrected chi connectivity index (χ0v) is 13.9. The first kappa shape index (κ1) is 16.7.